The van der Waals surface area contributed by atoms with E-state index >= 15 is 0 Å². The van der Waals surface area contributed by atoms with E-state index in [1.54, 1.807) is 0 Å². The summed E-state index contributed by atoms with van der Waals surface area (Å²) >= 11 is 0. The minimum atomic E-state index is 0.0451. The minimum absolute atomic E-state index is 0.0451. The maximum atomic E-state index is 13.0. The Labute approximate surface area is 191 Å². The first kappa shape index (κ1) is 21.5. The van der Waals surface area contributed by atoms with Crippen LogP contribution in [0.3, 0.4) is 0 Å². The van der Waals surface area contributed by atoms with Gasteiger partial charge in [0, 0.05) is 30.4 Å². The van der Waals surface area contributed by atoms with Crippen LogP contribution in [-0.2, 0) is 17.6 Å². The van der Waals surface area contributed by atoms with Crippen molar-refractivity contribution in [1.29, 1.82) is 0 Å². The van der Waals surface area contributed by atoms with Crippen molar-refractivity contribution in [3.8, 4) is 0 Å². The van der Waals surface area contributed by atoms with Gasteiger partial charge >= 0.3 is 0 Å². The molecule has 0 radical (unpaired) electrons. The number of hydrogen-bond acceptors (Lipinski definition) is 4. The first-order valence-electron chi connectivity index (χ1n) is 12.2. The number of fused-ring (bicyclic) bond motifs is 1. The van der Waals surface area contributed by atoms with Gasteiger partial charge in [-0.3, -0.25) is 4.79 Å². The molecule has 0 saturated carbocycles. The highest BCUT2D eigenvalue weighted by molar-refractivity contribution is 5.94. The van der Waals surface area contributed by atoms with Gasteiger partial charge in [0.15, 0.2) is 0 Å². The zero-order valence-corrected chi connectivity index (χ0v) is 19.2. The summed E-state index contributed by atoms with van der Waals surface area (Å²) in [5, 5.41) is 3.33. The van der Waals surface area contributed by atoms with Crippen molar-refractivity contribution in [2.24, 2.45) is 0 Å². The van der Waals surface area contributed by atoms with Gasteiger partial charge in [0.1, 0.15) is 0 Å². The summed E-state index contributed by atoms with van der Waals surface area (Å²) in [7, 11) is 2.22. The molecule has 1 aliphatic carbocycles. The topological polar surface area (TPSA) is 44.8 Å². The third kappa shape index (κ3) is 4.69. The first-order valence-corrected chi connectivity index (χ1v) is 12.2. The van der Waals surface area contributed by atoms with Crippen LogP contribution < -0.4 is 10.2 Å². The van der Waals surface area contributed by atoms with Gasteiger partial charge in [0.25, 0.3) is 5.91 Å². The third-order valence-corrected chi connectivity index (χ3v) is 7.52. The number of morpholine rings is 1. The van der Waals surface area contributed by atoms with E-state index in [1.807, 2.05) is 12.1 Å². The van der Waals surface area contributed by atoms with Crippen molar-refractivity contribution >= 4 is 11.6 Å². The first-order chi connectivity index (χ1) is 15.7. The molecule has 32 heavy (non-hydrogen) atoms. The Morgan fingerprint density at radius 3 is 2.47 bits per heavy atom. The third-order valence-electron chi connectivity index (χ3n) is 7.52. The molecular weight excluding hydrogens is 398 g/mol. The second-order valence-corrected chi connectivity index (χ2v) is 9.62. The second kappa shape index (κ2) is 9.63. The van der Waals surface area contributed by atoms with Crippen molar-refractivity contribution in [2.75, 3.05) is 51.3 Å². The Kier molecular flexibility index (Phi) is 6.47. The number of carbonyl (C=O) groups excluding carboxylic acids is 1. The lowest BCUT2D eigenvalue weighted by Crippen LogP contribution is -2.39. The number of anilines is 1. The van der Waals surface area contributed by atoms with Crippen molar-refractivity contribution in [1.82, 2.24) is 10.2 Å². The molecule has 1 atom stereocenters. The molecule has 1 amide bonds. The quantitative estimate of drug-likeness (QED) is 0.800. The van der Waals surface area contributed by atoms with E-state index in [0.717, 1.165) is 51.1 Å². The number of rotatable bonds is 4. The van der Waals surface area contributed by atoms with Gasteiger partial charge in [0.2, 0.25) is 0 Å². The molecule has 2 saturated heterocycles. The van der Waals surface area contributed by atoms with Crippen LogP contribution in [0.2, 0.25) is 0 Å². The maximum absolute atomic E-state index is 13.0. The number of likely N-dealkylation sites (tertiary alicyclic amines) is 1. The highest BCUT2D eigenvalue weighted by atomic mass is 16.5. The van der Waals surface area contributed by atoms with Crippen LogP contribution in [0.4, 0.5) is 5.69 Å². The molecule has 5 heteroatoms. The van der Waals surface area contributed by atoms with E-state index in [4.69, 9.17) is 4.74 Å². The summed E-state index contributed by atoms with van der Waals surface area (Å²) in [5.41, 5.74) is 6.43. The fraction of sp³-hybridized carbons (Fsp3) is 0.519. The number of hydrogen-bond donors (Lipinski definition) is 1. The van der Waals surface area contributed by atoms with Gasteiger partial charge in [-0.25, -0.2) is 0 Å². The number of piperidine rings is 1. The molecule has 0 aromatic heterocycles. The van der Waals surface area contributed by atoms with Crippen molar-refractivity contribution < 1.29 is 9.53 Å². The van der Waals surface area contributed by atoms with Crippen LogP contribution >= 0.6 is 0 Å². The number of ether oxygens (including phenoxy) is 1. The Morgan fingerprint density at radius 1 is 0.969 bits per heavy atom. The van der Waals surface area contributed by atoms with Crippen LogP contribution in [0.25, 0.3) is 0 Å². The van der Waals surface area contributed by atoms with Gasteiger partial charge in [-0.05, 0) is 99.1 Å². The summed E-state index contributed by atoms with van der Waals surface area (Å²) in [6.07, 6.45) is 5.49. The summed E-state index contributed by atoms with van der Waals surface area (Å²) < 4.78 is 5.44. The molecule has 2 aromatic carbocycles. The monoisotopic (exact) mass is 433 g/mol. The Bertz CT molecular complexity index is 928. The molecule has 2 aliphatic heterocycles. The number of nitrogens with zero attached hydrogens (tertiary/aromatic N) is 2. The minimum Gasteiger partial charge on any atom is -0.378 e. The Morgan fingerprint density at radius 2 is 1.72 bits per heavy atom. The lowest BCUT2D eigenvalue weighted by Gasteiger charge is -2.33. The van der Waals surface area contributed by atoms with E-state index in [1.165, 1.54) is 48.3 Å². The van der Waals surface area contributed by atoms with Crippen LogP contribution in [0.5, 0.6) is 0 Å². The molecule has 0 bridgehead atoms. The fourth-order valence-corrected chi connectivity index (χ4v) is 5.56. The lowest BCUT2D eigenvalue weighted by molar-refractivity contribution is 0.0933. The van der Waals surface area contributed by atoms with Crippen LogP contribution in [0, 0.1) is 0 Å². The molecule has 1 unspecified atom stereocenters. The SMILES string of the molecule is CN1CCC(c2cccc3c2CC(NC(=O)c2ccc(N4CCOCC4)cc2)CC3)CC1. The Balaban J connectivity index is 1.24. The van der Waals surface area contributed by atoms with Crippen LogP contribution in [0.1, 0.15) is 52.2 Å². The average Bonchev–Trinajstić information content (AvgIpc) is 2.85. The molecule has 5 rings (SSSR count). The smallest absolute Gasteiger partial charge is 0.251 e. The average molecular weight is 434 g/mol. The van der Waals surface area contributed by atoms with Gasteiger partial charge in [-0.2, -0.15) is 0 Å². The van der Waals surface area contributed by atoms with E-state index in [0.29, 0.717) is 5.92 Å². The Hall–Kier alpha value is -2.37. The number of amides is 1. The molecule has 0 spiro atoms. The predicted molar refractivity (Wildman–Crippen MR) is 129 cm³/mol. The summed E-state index contributed by atoms with van der Waals surface area (Å²) in [4.78, 5) is 17.7. The van der Waals surface area contributed by atoms with Crippen molar-refractivity contribution in [3.63, 3.8) is 0 Å². The molecule has 2 heterocycles. The predicted octanol–water partition coefficient (Wildman–Crippen LogP) is 3.62. The maximum Gasteiger partial charge on any atom is 0.251 e. The number of aryl methyl sites for hydroxylation is 1. The highest BCUT2D eigenvalue weighted by Gasteiger charge is 2.27. The molecule has 3 aliphatic rings. The molecule has 170 valence electrons. The van der Waals surface area contributed by atoms with Gasteiger partial charge in [-0.15, -0.1) is 0 Å². The lowest BCUT2D eigenvalue weighted by atomic mass is 9.79. The highest BCUT2D eigenvalue weighted by Crippen LogP contribution is 2.34. The molecular formula is C27H35N3O2. The van der Waals surface area contributed by atoms with E-state index in [2.05, 4.69) is 52.5 Å². The van der Waals surface area contributed by atoms with Gasteiger partial charge in [0.05, 0.1) is 13.2 Å². The number of nitrogens with one attached hydrogen (secondary N) is 1. The second-order valence-electron chi connectivity index (χ2n) is 9.62. The van der Waals surface area contributed by atoms with Crippen molar-refractivity contribution in [3.05, 3.63) is 64.7 Å². The number of benzene rings is 2. The molecule has 5 nitrogen and oxygen atoms in total. The molecule has 2 fully saturated rings. The summed E-state index contributed by atoms with van der Waals surface area (Å²) in [6.45, 7) is 5.71. The van der Waals surface area contributed by atoms with E-state index in [9.17, 15) is 4.79 Å². The fourth-order valence-electron chi connectivity index (χ4n) is 5.56. The van der Waals surface area contributed by atoms with Gasteiger partial charge in [-0.1, -0.05) is 18.2 Å². The van der Waals surface area contributed by atoms with Crippen LogP contribution in [0.15, 0.2) is 42.5 Å². The summed E-state index contributed by atoms with van der Waals surface area (Å²) in [5.74, 6) is 0.701. The standard InChI is InChI=1S/C27H35N3O2/c1-29-13-11-21(12-14-29)25-4-2-3-20-5-8-23(19-26(20)25)28-27(31)22-6-9-24(10-7-22)30-15-17-32-18-16-30/h2-4,6-7,9-10,21,23H,5,8,11-19H2,1H3,(H,28,31). The zero-order valence-electron chi connectivity index (χ0n) is 19.2. The van der Waals surface area contributed by atoms with Crippen molar-refractivity contribution in [2.45, 2.75) is 44.1 Å². The van der Waals surface area contributed by atoms with E-state index < -0.39 is 0 Å². The number of carbonyl (C=O) groups is 1. The molecule has 2 aromatic rings. The van der Waals surface area contributed by atoms with E-state index in [-0.39, 0.29) is 11.9 Å². The van der Waals surface area contributed by atoms with Gasteiger partial charge < -0.3 is 19.9 Å². The largest absolute Gasteiger partial charge is 0.378 e. The summed E-state index contributed by atoms with van der Waals surface area (Å²) in [6, 6.07) is 15.1. The molecule has 1 N–H and O–H groups in total. The van der Waals surface area contributed by atoms with Crippen LogP contribution in [-0.4, -0.2) is 63.3 Å². The normalized spacial score (nSPS) is 22.4. The zero-order chi connectivity index (χ0) is 21.9.